The maximum atomic E-state index is 6.14. The maximum absolute atomic E-state index is 6.14. The Balaban J connectivity index is 2.41. The molecule has 0 radical (unpaired) electrons. The fourth-order valence-corrected chi connectivity index (χ4v) is 1.97. The van der Waals surface area contributed by atoms with Gasteiger partial charge in [-0.15, -0.1) is 0 Å². The molecule has 0 saturated heterocycles. The summed E-state index contributed by atoms with van der Waals surface area (Å²) >= 11 is 6.14. The van der Waals surface area contributed by atoms with Crippen molar-refractivity contribution in [2.45, 2.75) is 12.3 Å². The first-order valence-electron chi connectivity index (χ1n) is 5.80. The lowest BCUT2D eigenvalue weighted by molar-refractivity contribution is 0.0672. The van der Waals surface area contributed by atoms with Gasteiger partial charge in [0.25, 0.3) is 0 Å². The SMILES string of the molecule is COCCOCCC(CN)c1ccccc1Cl. The molecule has 17 heavy (non-hydrogen) atoms. The fourth-order valence-electron chi connectivity index (χ4n) is 1.68. The zero-order chi connectivity index (χ0) is 12.5. The highest BCUT2D eigenvalue weighted by atomic mass is 35.5. The average molecular weight is 258 g/mol. The monoisotopic (exact) mass is 257 g/mol. The third-order valence-electron chi connectivity index (χ3n) is 2.67. The van der Waals surface area contributed by atoms with Crippen LogP contribution in [-0.4, -0.2) is 33.5 Å². The molecule has 0 aliphatic rings. The highest BCUT2D eigenvalue weighted by Crippen LogP contribution is 2.26. The second-order valence-corrected chi connectivity index (χ2v) is 4.26. The Bertz CT molecular complexity index is 320. The van der Waals surface area contributed by atoms with Crippen molar-refractivity contribution in [2.24, 2.45) is 5.73 Å². The molecule has 0 aliphatic carbocycles. The van der Waals surface area contributed by atoms with E-state index in [1.165, 1.54) is 0 Å². The van der Waals surface area contributed by atoms with Gasteiger partial charge in [0.1, 0.15) is 0 Å². The molecule has 2 N–H and O–H groups in total. The lowest BCUT2D eigenvalue weighted by Crippen LogP contribution is -2.16. The lowest BCUT2D eigenvalue weighted by atomic mass is 9.96. The molecular formula is C13H20ClNO2. The number of hydrogen-bond acceptors (Lipinski definition) is 3. The number of halogens is 1. The summed E-state index contributed by atoms with van der Waals surface area (Å²) in [6.45, 7) is 2.50. The van der Waals surface area contributed by atoms with Gasteiger partial charge in [-0.05, 0) is 30.5 Å². The molecule has 0 aromatic heterocycles. The molecule has 1 aromatic rings. The standard InChI is InChI=1S/C13H20ClNO2/c1-16-8-9-17-7-6-11(10-15)12-4-2-3-5-13(12)14/h2-5,11H,6-10,15H2,1H3. The molecule has 0 aliphatic heterocycles. The third kappa shape index (κ3) is 5.04. The summed E-state index contributed by atoms with van der Waals surface area (Å²) in [4.78, 5) is 0. The van der Waals surface area contributed by atoms with Crippen LogP contribution in [0.2, 0.25) is 5.02 Å². The van der Waals surface area contributed by atoms with Crippen molar-refractivity contribution < 1.29 is 9.47 Å². The summed E-state index contributed by atoms with van der Waals surface area (Å²) in [5.74, 6) is 0.256. The van der Waals surface area contributed by atoms with Crippen LogP contribution in [-0.2, 0) is 9.47 Å². The van der Waals surface area contributed by atoms with E-state index in [0.29, 0.717) is 26.4 Å². The highest BCUT2D eigenvalue weighted by Gasteiger charge is 2.12. The van der Waals surface area contributed by atoms with Gasteiger partial charge in [-0.3, -0.25) is 0 Å². The summed E-state index contributed by atoms with van der Waals surface area (Å²) in [6.07, 6.45) is 0.879. The molecule has 0 heterocycles. The van der Waals surface area contributed by atoms with Gasteiger partial charge >= 0.3 is 0 Å². The van der Waals surface area contributed by atoms with Crippen molar-refractivity contribution >= 4 is 11.6 Å². The van der Waals surface area contributed by atoms with E-state index >= 15 is 0 Å². The quantitative estimate of drug-likeness (QED) is 0.728. The lowest BCUT2D eigenvalue weighted by Gasteiger charge is -2.16. The first-order chi connectivity index (χ1) is 8.29. The molecule has 3 nitrogen and oxygen atoms in total. The van der Waals surface area contributed by atoms with Gasteiger partial charge in [0.15, 0.2) is 0 Å². The largest absolute Gasteiger partial charge is 0.382 e. The van der Waals surface area contributed by atoms with Crippen molar-refractivity contribution in [1.82, 2.24) is 0 Å². The van der Waals surface area contributed by atoms with Crippen LogP contribution in [0, 0.1) is 0 Å². The van der Waals surface area contributed by atoms with Crippen LogP contribution in [0.3, 0.4) is 0 Å². The Hall–Kier alpha value is -0.610. The van der Waals surface area contributed by atoms with E-state index in [2.05, 4.69) is 0 Å². The first-order valence-corrected chi connectivity index (χ1v) is 6.18. The normalized spacial score (nSPS) is 12.6. The Morgan fingerprint density at radius 3 is 2.65 bits per heavy atom. The van der Waals surface area contributed by atoms with E-state index in [4.69, 9.17) is 26.8 Å². The highest BCUT2D eigenvalue weighted by molar-refractivity contribution is 6.31. The van der Waals surface area contributed by atoms with Crippen LogP contribution in [0.15, 0.2) is 24.3 Å². The smallest absolute Gasteiger partial charge is 0.0700 e. The van der Waals surface area contributed by atoms with Gasteiger partial charge in [0.05, 0.1) is 13.2 Å². The number of ether oxygens (including phenoxy) is 2. The first kappa shape index (κ1) is 14.5. The molecule has 0 amide bonds. The third-order valence-corrected chi connectivity index (χ3v) is 3.02. The molecular weight excluding hydrogens is 238 g/mol. The molecule has 0 saturated carbocycles. The maximum Gasteiger partial charge on any atom is 0.0700 e. The summed E-state index contributed by atoms with van der Waals surface area (Å²) in [5, 5.41) is 0.778. The van der Waals surface area contributed by atoms with Gasteiger partial charge in [-0.25, -0.2) is 0 Å². The summed E-state index contributed by atoms with van der Waals surface area (Å²) in [7, 11) is 1.66. The zero-order valence-corrected chi connectivity index (χ0v) is 11.0. The number of hydrogen-bond donors (Lipinski definition) is 1. The Labute approximate surface area is 108 Å². The number of methoxy groups -OCH3 is 1. The van der Waals surface area contributed by atoms with Gasteiger partial charge in [-0.2, -0.15) is 0 Å². The number of nitrogens with two attached hydrogens (primary N) is 1. The zero-order valence-electron chi connectivity index (χ0n) is 10.2. The van der Waals surface area contributed by atoms with Crippen LogP contribution in [0.5, 0.6) is 0 Å². The van der Waals surface area contributed by atoms with Crippen molar-refractivity contribution in [3.05, 3.63) is 34.9 Å². The fraction of sp³-hybridized carbons (Fsp3) is 0.538. The molecule has 0 fully saturated rings. The van der Waals surface area contributed by atoms with E-state index in [9.17, 15) is 0 Å². The molecule has 1 rings (SSSR count). The molecule has 1 unspecified atom stereocenters. The van der Waals surface area contributed by atoms with E-state index in [1.807, 2.05) is 24.3 Å². The van der Waals surface area contributed by atoms with Crippen LogP contribution in [0.1, 0.15) is 17.9 Å². The predicted octanol–water partition coefficient (Wildman–Crippen LogP) is 2.44. The second-order valence-electron chi connectivity index (χ2n) is 3.85. The number of rotatable bonds is 8. The van der Waals surface area contributed by atoms with Gasteiger partial charge in [0.2, 0.25) is 0 Å². The van der Waals surface area contributed by atoms with E-state index < -0.39 is 0 Å². The van der Waals surface area contributed by atoms with E-state index in [0.717, 1.165) is 17.0 Å². The van der Waals surface area contributed by atoms with E-state index in [-0.39, 0.29) is 5.92 Å². The van der Waals surface area contributed by atoms with Gasteiger partial charge in [-0.1, -0.05) is 29.8 Å². The van der Waals surface area contributed by atoms with Crippen molar-refractivity contribution in [3.63, 3.8) is 0 Å². The average Bonchev–Trinajstić information content (AvgIpc) is 2.35. The minimum atomic E-state index is 0.256. The summed E-state index contributed by atoms with van der Waals surface area (Å²) < 4.78 is 10.4. The van der Waals surface area contributed by atoms with Gasteiger partial charge < -0.3 is 15.2 Å². The van der Waals surface area contributed by atoms with Crippen molar-refractivity contribution in [3.8, 4) is 0 Å². The van der Waals surface area contributed by atoms with Crippen molar-refractivity contribution in [1.29, 1.82) is 0 Å². The molecule has 0 bridgehead atoms. The van der Waals surface area contributed by atoms with E-state index in [1.54, 1.807) is 7.11 Å². The molecule has 96 valence electrons. The Kier molecular flexibility index (Phi) is 7.21. The summed E-state index contributed by atoms with van der Waals surface area (Å²) in [5.41, 5.74) is 6.88. The van der Waals surface area contributed by atoms with Crippen LogP contribution in [0.4, 0.5) is 0 Å². The van der Waals surface area contributed by atoms with Crippen LogP contribution >= 0.6 is 11.6 Å². The minimum absolute atomic E-state index is 0.256. The van der Waals surface area contributed by atoms with Crippen LogP contribution < -0.4 is 5.73 Å². The molecule has 4 heteroatoms. The Morgan fingerprint density at radius 2 is 2.00 bits per heavy atom. The molecule has 1 aromatic carbocycles. The van der Waals surface area contributed by atoms with Crippen molar-refractivity contribution in [2.75, 3.05) is 33.5 Å². The molecule has 1 atom stereocenters. The summed E-state index contributed by atoms with van der Waals surface area (Å²) in [6, 6.07) is 7.82. The van der Waals surface area contributed by atoms with Gasteiger partial charge in [0, 0.05) is 18.7 Å². The molecule has 0 spiro atoms. The Morgan fingerprint density at radius 1 is 1.24 bits per heavy atom. The predicted molar refractivity (Wildman–Crippen MR) is 70.6 cm³/mol. The topological polar surface area (TPSA) is 44.5 Å². The van der Waals surface area contributed by atoms with Crippen LogP contribution in [0.25, 0.3) is 0 Å². The number of benzene rings is 1. The second kappa shape index (κ2) is 8.48. The minimum Gasteiger partial charge on any atom is -0.382 e.